The highest BCUT2D eigenvalue weighted by Gasteiger charge is 2.21. The predicted octanol–water partition coefficient (Wildman–Crippen LogP) is 3.07. The topological polar surface area (TPSA) is 84.9 Å². The van der Waals surface area contributed by atoms with Gasteiger partial charge in [-0.3, -0.25) is 9.59 Å². The van der Waals surface area contributed by atoms with E-state index in [9.17, 15) is 14.4 Å². The maximum Gasteiger partial charge on any atom is 0.338 e. The Morgan fingerprint density at radius 3 is 2.53 bits per heavy atom. The lowest BCUT2D eigenvalue weighted by Gasteiger charge is -2.26. The van der Waals surface area contributed by atoms with Gasteiger partial charge in [-0.1, -0.05) is 18.2 Å². The third kappa shape index (κ3) is 5.17. The zero-order valence-electron chi connectivity index (χ0n) is 17.2. The molecule has 30 heavy (non-hydrogen) atoms. The Kier molecular flexibility index (Phi) is 7.06. The van der Waals surface area contributed by atoms with Gasteiger partial charge in [0.1, 0.15) is 5.75 Å². The number of methoxy groups -OCH3 is 1. The lowest BCUT2D eigenvalue weighted by molar-refractivity contribution is -0.129. The number of hydrogen-bond acceptors (Lipinski definition) is 5. The zero-order valence-corrected chi connectivity index (χ0v) is 17.2. The lowest BCUT2D eigenvalue weighted by Crippen LogP contribution is -2.35. The summed E-state index contributed by atoms with van der Waals surface area (Å²) < 4.78 is 10.5. The van der Waals surface area contributed by atoms with Crippen molar-refractivity contribution in [3.8, 4) is 5.75 Å². The quantitative estimate of drug-likeness (QED) is 0.709. The van der Waals surface area contributed by atoms with Gasteiger partial charge in [0.2, 0.25) is 5.91 Å². The average Bonchev–Trinajstić information content (AvgIpc) is 2.78. The minimum absolute atomic E-state index is 0.0944. The van der Waals surface area contributed by atoms with E-state index in [1.807, 2.05) is 24.3 Å². The van der Waals surface area contributed by atoms with Gasteiger partial charge in [-0.15, -0.1) is 0 Å². The van der Waals surface area contributed by atoms with Crippen LogP contribution >= 0.6 is 0 Å². The molecule has 1 heterocycles. The molecular formula is C23H26N2O5. The molecule has 7 heteroatoms. The fourth-order valence-electron chi connectivity index (χ4n) is 3.31. The second kappa shape index (κ2) is 9.91. The Balaban J connectivity index is 1.54. The summed E-state index contributed by atoms with van der Waals surface area (Å²) in [6, 6.07) is 14.0. The highest BCUT2D eigenvalue weighted by atomic mass is 16.5. The summed E-state index contributed by atoms with van der Waals surface area (Å²) in [5, 5.41) is 2.75. The van der Waals surface area contributed by atoms with Crippen LogP contribution in [0.4, 0.5) is 5.69 Å². The Hall–Kier alpha value is -3.35. The van der Waals surface area contributed by atoms with Gasteiger partial charge in [-0.05, 0) is 50.1 Å². The van der Waals surface area contributed by atoms with Crippen LogP contribution in [0.5, 0.6) is 5.75 Å². The number of piperidine rings is 1. The van der Waals surface area contributed by atoms with Gasteiger partial charge in [0.15, 0.2) is 6.10 Å². The largest absolute Gasteiger partial charge is 0.496 e. The fourth-order valence-corrected chi connectivity index (χ4v) is 3.31. The number of rotatable bonds is 7. The van der Waals surface area contributed by atoms with E-state index in [2.05, 4.69) is 5.32 Å². The Morgan fingerprint density at radius 2 is 1.83 bits per heavy atom. The van der Waals surface area contributed by atoms with Crippen LogP contribution in [0.15, 0.2) is 48.5 Å². The maximum absolute atomic E-state index is 12.4. The Labute approximate surface area is 176 Å². The molecule has 1 atom stereocenters. The molecule has 0 bridgehead atoms. The summed E-state index contributed by atoms with van der Waals surface area (Å²) in [5.74, 6) is -0.220. The van der Waals surface area contributed by atoms with Crippen molar-refractivity contribution in [2.45, 2.75) is 38.8 Å². The molecule has 0 saturated carbocycles. The van der Waals surface area contributed by atoms with Crippen molar-refractivity contribution in [1.82, 2.24) is 5.32 Å². The number of carbonyl (C=O) groups is 3. The van der Waals surface area contributed by atoms with Gasteiger partial charge in [0, 0.05) is 30.8 Å². The first-order valence-electron chi connectivity index (χ1n) is 10.0. The molecule has 3 rings (SSSR count). The monoisotopic (exact) mass is 410 g/mol. The number of amides is 2. The van der Waals surface area contributed by atoms with Crippen molar-refractivity contribution in [1.29, 1.82) is 0 Å². The van der Waals surface area contributed by atoms with Crippen molar-refractivity contribution in [3.63, 3.8) is 0 Å². The van der Waals surface area contributed by atoms with Gasteiger partial charge in [0.05, 0.1) is 12.7 Å². The third-order valence-electron chi connectivity index (χ3n) is 5.04. The van der Waals surface area contributed by atoms with Crippen molar-refractivity contribution in [2.24, 2.45) is 0 Å². The average molecular weight is 410 g/mol. The Bertz CT molecular complexity index is 910. The number of ether oxygens (including phenoxy) is 2. The number of nitrogens with zero attached hydrogens (tertiary/aromatic N) is 1. The van der Waals surface area contributed by atoms with Crippen molar-refractivity contribution in [2.75, 3.05) is 18.6 Å². The SMILES string of the molecule is COc1ccccc1CNC(=O)[C@@H](C)OC(=O)c1ccc(N2CCCCC2=O)cc1. The fraction of sp³-hybridized carbons (Fsp3) is 0.348. The van der Waals surface area contributed by atoms with E-state index in [4.69, 9.17) is 9.47 Å². The summed E-state index contributed by atoms with van der Waals surface area (Å²) in [6.45, 7) is 2.48. The standard InChI is InChI=1S/C23H26N2O5/c1-16(22(27)24-15-18-7-3-4-8-20(18)29-2)30-23(28)17-10-12-19(13-11-17)25-14-6-5-9-21(25)26/h3-4,7-8,10-13,16H,5-6,9,14-15H2,1-2H3,(H,24,27)/t16-/m1/s1. The van der Waals surface area contributed by atoms with Crippen LogP contribution in [-0.4, -0.2) is 37.5 Å². The molecule has 0 radical (unpaired) electrons. The summed E-state index contributed by atoms with van der Waals surface area (Å²) in [4.78, 5) is 38.4. The molecule has 1 aliphatic heterocycles. The molecule has 0 aromatic heterocycles. The molecule has 0 spiro atoms. The highest BCUT2D eigenvalue weighted by Crippen LogP contribution is 2.22. The first kappa shape index (κ1) is 21.4. The molecular weight excluding hydrogens is 384 g/mol. The normalized spacial score (nSPS) is 14.7. The van der Waals surface area contributed by atoms with Gasteiger partial charge in [0.25, 0.3) is 5.91 Å². The first-order valence-corrected chi connectivity index (χ1v) is 10.0. The van der Waals surface area contributed by atoms with Crippen LogP contribution in [0.3, 0.4) is 0 Å². The predicted molar refractivity (Wildman–Crippen MR) is 112 cm³/mol. The van der Waals surface area contributed by atoms with Crippen LogP contribution < -0.4 is 15.0 Å². The number of para-hydroxylation sites is 1. The zero-order chi connectivity index (χ0) is 21.5. The molecule has 1 saturated heterocycles. The number of nitrogens with one attached hydrogen (secondary N) is 1. The molecule has 0 aliphatic carbocycles. The van der Waals surface area contributed by atoms with Gasteiger partial charge < -0.3 is 19.7 Å². The van der Waals surface area contributed by atoms with E-state index in [1.54, 1.807) is 36.3 Å². The molecule has 1 N–H and O–H groups in total. The summed E-state index contributed by atoms with van der Waals surface area (Å²) >= 11 is 0. The lowest BCUT2D eigenvalue weighted by atomic mass is 10.1. The minimum Gasteiger partial charge on any atom is -0.496 e. The summed E-state index contributed by atoms with van der Waals surface area (Å²) in [5.41, 5.74) is 1.92. The molecule has 2 aromatic rings. The second-order valence-corrected chi connectivity index (χ2v) is 7.13. The molecule has 2 aromatic carbocycles. The van der Waals surface area contributed by atoms with Gasteiger partial charge in [-0.25, -0.2) is 4.79 Å². The molecule has 7 nitrogen and oxygen atoms in total. The van der Waals surface area contributed by atoms with E-state index in [-0.39, 0.29) is 12.5 Å². The number of anilines is 1. The van der Waals surface area contributed by atoms with Crippen molar-refractivity contribution >= 4 is 23.5 Å². The number of esters is 1. The minimum atomic E-state index is -0.949. The molecule has 158 valence electrons. The van der Waals surface area contributed by atoms with Crippen LogP contribution in [0.1, 0.15) is 42.1 Å². The second-order valence-electron chi connectivity index (χ2n) is 7.13. The van der Waals surface area contributed by atoms with Crippen LogP contribution in [0.2, 0.25) is 0 Å². The first-order chi connectivity index (χ1) is 14.5. The van der Waals surface area contributed by atoms with Gasteiger partial charge in [-0.2, -0.15) is 0 Å². The molecule has 2 amide bonds. The van der Waals surface area contributed by atoms with Crippen LogP contribution in [-0.2, 0) is 20.9 Å². The summed E-state index contributed by atoms with van der Waals surface area (Å²) in [6.07, 6.45) is 1.48. The summed E-state index contributed by atoms with van der Waals surface area (Å²) in [7, 11) is 1.57. The van der Waals surface area contributed by atoms with Gasteiger partial charge >= 0.3 is 5.97 Å². The third-order valence-corrected chi connectivity index (χ3v) is 5.04. The maximum atomic E-state index is 12.4. The molecule has 1 aliphatic rings. The smallest absolute Gasteiger partial charge is 0.338 e. The van der Waals surface area contributed by atoms with Crippen LogP contribution in [0.25, 0.3) is 0 Å². The number of hydrogen-bond donors (Lipinski definition) is 1. The highest BCUT2D eigenvalue weighted by molar-refractivity contribution is 5.96. The number of benzene rings is 2. The Morgan fingerprint density at radius 1 is 1.10 bits per heavy atom. The van der Waals surface area contributed by atoms with Crippen molar-refractivity contribution in [3.05, 3.63) is 59.7 Å². The van der Waals surface area contributed by atoms with E-state index in [0.29, 0.717) is 24.3 Å². The van der Waals surface area contributed by atoms with Crippen LogP contribution in [0, 0.1) is 0 Å². The molecule has 1 fully saturated rings. The van der Waals surface area contributed by atoms with E-state index in [0.717, 1.165) is 24.1 Å². The van der Waals surface area contributed by atoms with E-state index >= 15 is 0 Å². The molecule has 0 unspecified atom stereocenters. The van der Waals surface area contributed by atoms with Crippen molar-refractivity contribution < 1.29 is 23.9 Å². The van der Waals surface area contributed by atoms with E-state index < -0.39 is 18.0 Å². The van der Waals surface area contributed by atoms with E-state index in [1.165, 1.54) is 6.92 Å². The number of carbonyl (C=O) groups excluding carboxylic acids is 3.